The molecule has 0 bridgehead atoms. The van der Waals surface area contributed by atoms with Gasteiger partial charge in [0.15, 0.2) is 0 Å². The molecule has 0 spiro atoms. The smallest absolute Gasteiger partial charge is 0.116 e. The third-order valence-corrected chi connectivity index (χ3v) is 6.22. The van der Waals surface area contributed by atoms with E-state index in [0.717, 1.165) is 24.1 Å². The zero-order chi connectivity index (χ0) is 19.1. The van der Waals surface area contributed by atoms with Crippen molar-refractivity contribution in [2.24, 2.45) is 0 Å². The molecule has 4 rings (SSSR count). The molecule has 6 atom stereocenters. The Hall–Kier alpha value is 0.180. The first kappa shape index (κ1) is 22.5. The predicted octanol–water partition coefficient (Wildman–Crippen LogP) is 2.47. The van der Waals surface area contributed by atoms with Crippen molar-refractivity contribution in [2.45, 2.75) is 50.3 Å². The standard InChI is InChI=1S/C15H22N4OP2.2H3OP/c21-18-7-12(15-14(18)6-16-9-17-15)13-5-4-10(19(13)22)8-20-11-2-1-3-11;2*1-2/h6-7,9-11,13H,1-5,8,21-22H2;2*1H,2H2. The maximum Gasteiger partial charge on any atom is 0.116 e. The van der Waals surface area contributed by atoms with Crippen LogP contribution in [0.15, 0.2) is 18.7 Å². The minimum atomic E-state index is 0.388. The van der Waals surface area contributed by atoms with Crippen molar-refractivity contribution in [1.29, 1.82) is 0 Å². The Labute approximate surface area is 163 Å². The normalized spacial score (nSPS) is 23.0. The second-order valence-corrected chi connectivity index (χ2v) is 7.48. The van der Waals surface area contributed by atoms with Gasteiger partial charge in [-0.05, 0) is 60.4 Å². The highest BCUT2D eigenvalue weighted by Crippen LogP contribution is 2.42. The number of hydrogen-bond donors (Lipinski definition) is 2. The summed E-state index contributed by atoms with van der Waals surface area (Å²) in [5.41, 5.74) is 3.41. The van der Waals surface area contributed by atoms with Gasteiger partial charge in [0, 0.05) is 23.8 Å². The Morgan fingerprint density at radius 2 is 1.85 bits per heavy atom. The Morgan fingerprint density at radius 3 is 2.50 bits per heavy atom. The Balaban J connectivity index is 0.000000570. The lowest BCUT2D eigenvalue weighted by atomic mass is 9.96. The molecule has 2 fully saturated rings. The van der Waals surface area contributed by atoms with Crippen molar-refractivity contribution < 1.29 is 14.5 Å². The van der Waals surface area contributed by atoms with Gasteiger partial charge in [-0.2, -0.15) is 0 Å². The highest BCUT2D eigenvalue weighted by Gasteiger charge is 2.34. The van der Waals surface area contributed by atoms with Crippen LogP contribution in [-0.2, 0) is 4.74 Å². The third kappa shape index (κ3) is 4.96. The number of rotatable bonds is 4. The fraction of sp³-hybridized carbons (Fsp3) is 0.600. The van der Waals surface area contributed by atoms with Crippen molar-refractivity contribution in [3.05, 3.63) is 24.3 Å². The molecule has 1 saturated heterocycles. The van der Waals surface area contributed by atoms with Crippen molar-refractivity contribution >= 4 is 48.7 Å². The van der Waals surface area contributed by atoms with Crippen LogP contribution in [0.1, 0.15) is 43.7 Å². The fourth-order valence-electron chi connectivity index (χ4n) is 3.43. The van der Waals surface area contributed by atoms with E-state index in [1.807, 2.05) is 10.5 Å². The topological polar surface area (TPSA) is 83.6 Å². The molecular weight excluding hydrogens is 408 g/mol. The maximum absolute atomic E-state index is 6.92. The second-order valence-electron chi connectivity index (χ2n) is 6.33. The molecule has 3 heterocycles. The molecule has 146 valence electrons. The summed E-state index contributed by atoms with van der Waals surface area (Å²) in [6, 6.07) is 0.875. The van der Waals surface area contributed by atoms with E-state index in [1.54, 1.807) is 6.33 Å². The third-order valence-electron chi connectivity index (χ3n) is 5.01. The summed E-state index contributed by atoms with van der Waals surface area (Å²) < 4.78 is 10.5. The minimum absolute atomic E-state index is 0.388. The number of hydrogen-bond acceptors (Lipinski definition) is 6. The molecule has 2 aromatic rings. The first-order valence-corrected chi connectivity index (χ1v) is 10.5. The summed E-state index contributed by atoms with van der Waals surface area (Å²) in [6.45, 7) is 0.846. The lowest BCUT2D eigenvalue weighted by Gasteiger charge is -2.30. The van der Waals surface area contributed by atoms with Gasteiger partial charge < -0.3 is 18.9 Å². The molecule has 1 saturated carbocycles. The van der Waals surface area contributed by atoms with Gasteiger partial charge in [-0.15, -0.1) is 0 Å². The van der Waals surface area contributed by atoms with Crippen molar-refractivity contribution in [1.82, 2.24) is 19.0 Å². The molecule has 2 aromatic heterocycles. The van der Waals surface area contributed by atoms with Crippen LogP contribution in [0.2, 0.25) is 0 Å². The maximum atomic E-state index is 6.92. The molecule has 0 radical (unpaired) electrons. The van der Waals surface area contributed by atoms with E-state index < -0.39 is 0 Å². The van der Waals surface area contributed by atoms with Crippen LogP contribution in [0.3, 0.4) is 0 Å². The summed E-state index contributed by atoms with van der Waals surface area (Å²) in [7, 11) is 8.48. The Morgan fingerprint density at radius 1 is 1.12 bits per heavy atom. The molecule has 6 unspecified atom stereocenters. The SMILES string of the molecule is OP.OP.PN1C(COC2CCC2)CCC1c1cn(P)c2cncnc12. The first-order valence-electron chi connectivity index (χ1n) is 8.46. The van der Waals surface area contributed by atoms with Gasteiger partial charge in [-0.25, -0.2) is 9.97 Å². The predicted molar refractivity (Wildman–Crippen MR) is 117 cm³/mol. The highest BCUT2D eigenvalue weighted by molar-refractivity contribution is 7.15. The minimum Gasteiger partial charge on any atom is -0.380 e. The summed E-state index contributed by atoms with van der Waals surface area (Å²) in [4.78, 5) is 22.5. The average molecular weight is 436 g/mol. The molecule has 2 aliphatic rings. The number of fused-ring (bicyclic) bond motifs is 1. The van der Waals surface area contributed by atoms with E-state index >= 15 is 0 Å². The Kier molecular flexibility index (Phi) is 9.72. The fourth-order valence-corrected chi connectivity index (χ4v) is 4.33. The van der Waals surface area contributed by atoms with Crippen LogP contribution in [0.5, 0.6) is 0 Å². The number of nitrogens with zero attached hydrogens (tertiary/aromatic N) is 4. The van der Waals surface area contributed by atoms with Crippen LogP contribution in [-0.4, -0.2) is 47.5 Å². The molecule has 2 N–H and O–H groups in total. The molecular formula is C15H28N4O3P4. The van der Waals surface area contributed by atoms with Gasteiger partial charge in [0.05, 0.1) is 29.9 Å². The van der Waals surface area contributed by atoms with Gasteiger partial charge >= 0.3 is 0 Å². The van der Waals surface area contributed by atoms with Gasteiger partial charge in [0.25, 0.3) is 0 Å². The quantitative estimate of drug-likeness (QED) is 0.717. The second kappa shape index (κ2) is 11.2. The van der Waals surface area contributed by atoms with Gasteiger partial charge in [0.1, 0.15) is 6.33 Å². The molecule has 26 heavy (non-hydrogen) atoms. The number of ether oxygens (including phenoxy) is 1. The lowest BCUT2D eigenvalue weighted by molar-refractivity contribution is -0.0144. The largest absolute Gasteiger partial charge is 0.380 e. The first-order chi connectivity index (χ1) is 12.7. The monoisotopic (exact) mass is 436 g/mol. The summed E-state index contributed by atoms with van der Waals surface area (Å²) in [5.74, 6) is 0. The zero-order valence-electron chi connectivity index (χ0n) is 14.6. The highest BCUT2D eigenvalue weighted by atomic mass is 31.0. The van der Waals surface area contributed by atoms with Crippen LogP contribution in [0, 0.1) is 0 Å². The van der Waals surface area contributed by atoms with Crippen LogP contribution >= 0.6 is 37.7 Å². The van der Waals surface area contributed by atoms with E-state index in [2.05, 4.69) is 39.6 Å². The van der Waals surface area contributed by atoms with Crippen LogP contribution in [0.25, 0.3) is 11.0 Å². The van der Waals surface area contributed by atoms with E-state index in [0.29, 0.717) is 18.2 Å². The van der Waals surface area contributed by atoms with E-state index in [1.165, 1.54) is 50.2 Å². The molecule has 1 aliphatic carbocycles. The molecule has 11 heteroatoms. The molecule has 0 amide bonds. The average Bonchev–Trinajstić information content (AvgIpc) is 3.18. The van der Waals surface area contributed by atoms with Gasteiger partial charge in [0.2, 0.25) is 0 Å². The number of aromatic nitrogens is 3. The molecule has 0 aromatic carbocycles. The van der Waals surface area contributed by atoms with Gasteiger partial charge in [-0.1, -0.05) is 9.39 Å². The molecule has 1 aliphatic heterocycles. The zero-order valence-corrected chi connectivity index (χ0v) is 19.2. The van der Waals surface area contributed by atoms with Crippen molar-refractivity contribution in [3.8, 4) is 0 Å². The van der Waals surface area contributed by atoms with E-state index in [9.17, 15) is 0 Å². The van der Waals surface area contributed by atoms with Crippen LogP contribution < -0.4 is 0 Å². The summed E-state index contributed by atoms with van der Waals surface area (Å²) >= 11 is 0. The van der Waals surface area contributed by atoms with E-state index in [-0.39, 0.29) is 0 Å². The summed E-state index contributed by atoms with van der Waals surface area (Å²) in [5, 5.41) is 0. The van der Waals surface area contributed by atoms with Crippen molar-refractivity contribution in [3.63, 3.8) is 0 Å². The Bertz CT molecular complexity index is 686. The van der Waals surface area contributed by atoms with Crippen LogP contribution in [0.4, 0.5) is 0 Å². The lowest BCUT2D eigenvalue weighted by Crippen LogP contribution is -2.31. The summed E-state index contributed by atoms with van der Waals surface area (Å²) in [6.07, 6.45) is 12.3. The van der Waals surface area contributed by atoms with Gasteiger partial charge in [-0.3, -0.25) is 4.67 Å². The van der Waals surface area contributed by atoms with Crippen molar-refractivity contribution in [2.75, 3.05) is 6.61 Å². The van der Waals surface area contributed by atoms with E-state index in [4.69, 9.17) is 14.5 Å². The molecule has 7 nitrogen and oxygen atoms in total.